The molecule has 0 bridgehead atoms. The lowest BCUT2D eigenvalue weighted by molar-refractivity contribution is 0.284. The second-order valence-electron chi connectivity index (χ2n) is 5.49. The van der Waals surface area contributed by atoms with E-state index in [1.807, 2.05) is 18.7 Å². The van der Waals surface area contributed by atoms with Crippen LogP contribution >= 0.6 is 15.9 Å². The highest BCUT2D eigenvalue weighted by atomic mass is 79.9. The number of aryl methyl sites for hydroxylation is 2. The number of halogens is 1. The smallest absolute Gasteiger partial charge is 0.0738 e. The van der Waals surface area contributed by atoms with Crippen molar-refractivity contribution in [2.24, 2.45) is 12.5 Å². The maximum absolute atomic E-state index is 4.47. The summed E-state index contributed by atoms with van der Waals surface area (Å²) in [5.74, 6) is 0. The first-order valence-electron chi connectivity index (χ1n) is 6.82. The first kappa shape index (κ1) is 15.7. The summed E-state index contributed by atoms with van der Waals surface area (Å²) in [6.07, 6.45) is 3.41. The van der Waals surface area contributed by atoms with Gasteiger partial charge in [-0.1, -0.05) is 20.8 Å². The van der Waals surface area contributed by atoms with Crippen LogP contribution in [-0.2, 0) is 13.5 Å². The predicted molar refractivity (Wildman–Crippen MR) is 80.9 cm³/mol. The minimum absolute atomic E-state index is 0.290. The Kier molecular flexibility index (Phi) is 5.86. The van der Waals surface area contributed by atoms with Gasteiger partial charge in [0, 0.05) is 13.6 Å². The first-order valence-corrected chi connectivity index (χ1v) is 7.61. The van der Waals surface area contributed by atoms with Gasteiger partial charge in [0.15, 0.2) is 0 Å². The first-order chi connectivity index (χ1) is 8.43. The molecule has 0 amide bonds. The molecule has 0 aliphatic rings. The Balaban J connectivity index is 2.78. The minimum atomic E-state index is 0.290. The molecular formula is C14H26BrN3. The lowest BCUT2D eigenvalue weighted by Gasteiger charge is -2.29. The maximum Gasteiger partial charge on any atom is 0.0738 e. The number of hydrogen-bond acceptors (Lipinski definition) is 2. The molecule has 0 saturated carbocycles. The molecule has 104 valence electrons. The van der Waals surface area contributed by atoms with Gasteiger partial charge in [0.2, 0.25) is 0 Å². The molecule has 1 aromatic heterocycles. The van der Waals surface area contributed by atoms with Gasteiger partial charge in [-0.3, -0.25) is 4.68 Å². The van der Waals surface area contributed by atoms with Crippen LogP contribution in [0.15, 0.2) is 4.47 Å². The van der Waals surface area contributed by atoms with Crippen molar-refractivity contribution in [2.45, 2.75) is 47.0 Å². The van der Waals surface area contributed by atoms with Gasteiger partial charge in [0.1, 0.15) is 0 Å². The molecule has 4 heteroatoms. The van der Waals surface area contributed by atoms with Gasteiger partial charge in [-0.05, 0) is 54.1 Å². The van der Waals surface area contributed by atoms with E-state index in [4.69, 9.17) is 0 Å². The second-order valence-corrected chi connectivity index (χ2v) is 6.28. The fourth-order valence-corrected chi connectivity index (χ4v) is 2.63. The molecular weight excluding hydrogens is 290 g/mol. The van der Waals surface area contributed by atoms with Crippen LogP contribution in [0.2, 0.25) is 0 Å². The molecule has 0 aromatic carbocycles. The van der Waals surface area contributed by atoms with E-state index in [-0.39, 0.29) is 5.41 Å². The summed E-state index contributed by atoms with van der Waals surface area (Å²) in [6, 6.07) is 0. The molecule has 1 atom stereocenters. The van der Waals surface area contributed by atoms with E-state index in [0.717, 1.165) is 25.2 Å². The highest BCUT2D eigenvalue weighted by Gasteiger charge is 2.25. The molecule has 0 fully saturated rings. The van der Waals surface area contributed by atoms with Crippen molar-refractivity contribution in [1.29, 1.82) is 0 Å². The third kappa shape index (κ3) is 3.82. The van der Waals surface area contributed by atoms with E-state index in [9.17, 15) is 0 Å². The SMILES string of the molecule is CCCNCC(C)(CC)Cc1c(Br)c(C)nn1C. The summed E-state index contributed by atoms with van der Waals surface area (Å²) in [6.45, 7) is 11.0. The van der Waals surface area contributed by atoms with E-state index in [1.54, 1.807) is 0 Å². The minimum Gasteiger partial charge on any atom is -0.316 e. The summed E-state index contributed by atoms with van der Waals surface area (Å²) < 4.78 is 3.17. The van der Waals surface area contributed by atoms with Gasteiger partial charge in [0.05, 0.1) is 15.9 Å². The van der Waals surface area contributed by atoms with Gasteiger partial charge >= 0.3 is 0 Å². The van der Waals surface area contributed by atoms with Crippen LogP contribution < -0.4 is 5.32 Å². The highest BCUT2D eigenvalue weighted by Crippen LogP contribution is 2.30. The second kappa shape index (κ2) is 6.71. The summed E-state index contributed by atoms with van der Waals surface area (Å²) >= 11 is 3.66. The molecule has 1 unspecified atom stereocenters. The van der Waals surface area contributed by atoms with E-state index in [1.165, 1.54) is 23.0 Å². The topological polar surface area (TPSA) is 29.9 Å². The lowest BCUT2D eigenvalue weighted by Crippen LogP contribution is -2.34. The summed E-state index contributed by atoms with van der Waals surface area (Å²) in [5.41, 5.74) is 2.67. The number of nitrogens with zero attached hydrogens (tertiary/aromatic N) is 2. The molecule has 3 nitrogen and oxygen atoms in total. The quantitative estimate of drug-likeness (QED) is 0.781. The van der Waals surface area contributed by atoms with Crippen molar-refractivity contribution >= 4 is 15.9 Å². The lowest BCUT2D eigenvalue weighted by atomic mass is 9.82. The van der Waals surface area contributed by atoms with E-state index in [2.05, 4.69) is 47.1 Å². The van der Waals surface area contributed by atoms with Gasteiger partial charge in [-0.15, -0.1) is 0 Å². The number of hydrogen-bond donors (Lipinski definition) is 1. The van der Waals surface area contributed by atoms with E-state index < -0.39 is 0 Å². The molecule has 0 aliphatic heterocycles. The van der Waals surface area contributed by atoms with Crippen molar-refractivity contribution in [3.05, 3.63) is 15.9 Å². The molecule has 1 N–H and O–H groups in total. The summed E-state index contributed by atoms with van der Waals surface area (Å²) in [5, 5.41) is 8.02. The number of rotatable bonds is 7. The van der Waals surface area contributed by atoms with Crippen molar-refractivity contribution in [2.75, 3.05) is 13.1 Å². The van der Waals surface area contributed by atoms with Crippen LogP contribution in [0, 0.1) is 12.3 Å². The van der Waals surface area contributed by atoms with Crippen LogP contribution in [0.25, 0.3) is 0 Å². The standard InChI is InChI=1S/C14H26BrN3/c1-6-8-16-10-14(4,7-2)9-12-13(15)11(3)17-18(12)5/h16H,6-10H2,1-5H3. The molecule has 1 aromatic rings. The highest BCUT2D eigenvalue weighted by molar-refractivity contribution is 9.10. The van der Waals surface area contributed by atoms with Crippen LogP contribution in [-0.4, -0.2) is 22.9 Å². The van der Waals surface area contributed by atoms with Gasteiger partial charge in [0.25, 0.3) is 0 Å². The monoisotopic (exact) mass is 315 g/mol. The Morgan fingerprint density at radius 1 is 1.39 bits per heavy atom. The maximum atomic E-state index is 4.47. The van der Waals surface area contributed by atoms with Crippen molar-refractivity contribution in [3.63, 3.8) is 0 Å². The Morgan fingerprint density at radius 2 is 2.06 bits per heavy atom. The summed E-state index contributed by atoms with van der Waals surface area (Å²) in [7, 11) is 2.03. The van der Waals surface area contributed by atoms with Crippen LogP contribution in [0.4, 0.5) is 0 Å². The molecule has 0 radical (unpaired) electrons. The van der Waals surface area contributed by atoms with Crippen molar-refractivity contribution in [1.82, 2.24) is 15.1 Å². The number of nitrogens with one attached hydrogen (secondary N) is 1. The Hall–Kier alpha value is -0.350. The van der Waals surface area contributed by atoms with Gasteiger partial charge in [-0.2, -0.15) is 5.10 Å². The van der Waals surface area contributed by atoms with Crippen molar-refractivity contribution < 1.29 is 0 Å². The zero-order chi connectivity index (χ0) is 13.8. The molecule has 0 saturated heterocycles. The predicted octanol–water partition coefficient (Wildman–Crippen LogP) is 3.45. The largest absolute Gasteiger partial charge is 0.316 e. The third-order valence-corrected chi connectivity index (χ3v) is 4.72. The summed E-state index contributed by atoms with van der Waals surface area (Å²) in [4.78, 5) is 0. The van der Waals surface area contributed by atoms with Gasteiger partial charge < -0.3 is 5.32 Å². The normalized spacial score (nSPS) is 14.8. The Labute approximate surface area is 119 Å². The molecule has 18 heavy (non-hydrogen) atoms. The average Bonchev–Trinajstić information content (AvgIpc) is 2.56. The zero-order valence-electron chi connectivity index (χ0n) is 12.3. The van der Waals surface area contributed by atoms with Crippen LogP contribution in [0.3, 0.4) is 0 Å². The third-order valence-electron chi connectivity index (χ3n) is 3.69. The number of aromatic nitrogens is 2. The zero-order valence-corrected chi connectivity index (χ0v) is 13.9. The molecule has 0 aliphatic carbocycles. The van der Waals surface area contributed by atoms with Gasteiger partial charge in [-0.25, -0.2) is 0 Å². The van der Waals surface area contributed by atoms with E-state index >= 15 is 0 Å². The Morgan fingerprint density at radius 3 is 2.50 bits per heavy atom. The van der Waals surface area contributed by atoms with E-state index in [0.29, 0.717) is 0 Å². The average molecular weight is 316 g/mol. The van der Waals surface area contributed by atoms with Crippen molar-refractivity contribution in [3.8, 4) is 0 Å². The van der Waals surface area contributed by atoms with Crippen LogP contribution in [0.1, 0.15) is 45.0 Å². The molecule has 0 spiro atoms. The Bertz CT molecular complexity index is 387. The fraction of sp³-hybridized carbons (Fsp3) is 0.786. The molecule has 1 rings (SSSR count). The molecule has 1 heterocycles. The van der Waals surface area contributed by atoms with Crippen LogP contribution in [0.5, 0.6) is 0 Å². The fourth-order valence-electron chi connectivity index (χ4n) is 2.16.